The maximum absolute atomic E-state index is 13.8. The molecule has 2 unspecified atom stereocenters. The van der Waals surface area contributed by atoms with Gasteiger partial charge in [0, 0.05) is 25.6 Å². The van der Waals surface area contributed by atoms with Gasteiger partial charge in [0.1, 0.15) is 5.82 Å². The van der Waals surface area contributed by atoms with Crippen molar-refractivity contribution in [1.29, 1.82) is 0 Å². The van der Waals surface area contributed by atoms with Crippen molar-refractivity contribution in [1.82, 2.24) is 5.32 Å². The molecule has 2 nitrogen and oxygen atoms in total. The van der Waals surface area contributed by atoms with Gasteiger partial charge >= 0.3 is 6.18 Å². The second kappa shape index (κ2) is 12.2. The molecule has 0 rings (SSSR count). The van der Waals surface area contributed by atoms with Crippen LogP contribution in [0.15, 0.2) is 28.0 Å². The topological polar surface area (TPSA) is 24.4 Å². The molecule has 0 saturated carbocycles. The van der Waals surface area contributed by atoms with Gasteiger partial charge in [0.15, 0.2) is 0 Å². The van der Waals surface area contributed by atoms with Crippen molar-refractivity contribution in [2.75, 3.05) is 6.54 Å². The van der Waals surface area contributed by atoms with Crippen molar-refractivity contribution in [3.8, 4) is 0 Å². The van der Waals surface area contributed by atoms with E-state index in [2.05, 4.69) is 10.3 Å². The lowest BCUT2D eigenvalue weighted by molar-refractivity contribution is -0.0857. The molecule has 0 amide bonds. The Morgan fingerprint density at radius 2 is 1.71 bits per heavy atom. The predicted molar refractivity (Wildman–Crippen MR) is 107 cm³/mol. The molecule has 164 valence electrons. The molecule has 0 aliphatic carbocycles. The van der Waals surface area contributed by atoms with E-state index in [1.165, 1.54) is 13.8 Å². The molecule has 0 aliphatic heterocycles. The molecule has 0 aromatic carbocycles. The van der Waals surface area contributed by atoms with Crippen LogP contribution in [-0.4, -0.2) is 24.9 Å². The third-order valence-corrected chi connectivity index (χ3v) is 5.04. The molecular weight excluding hydrogens is 375 g/mol. The van der Waals surface area contributed by atoms with Crippen LogP contribution in [0.2, 0.25) is 0 Å². The van der Waals surface area contributed by atoms with E-state index in [4.69, 9.17) is 0 Å². The van der Waals surface area contributed by atoms with Crippen LogP contribution in [0.3, 0.4) is 0 Å². The molecule has 0 aromatic rings. The van der Waals surface area contributed by atoms with Crippen molar-refractivity contribution >= 4 is 6.21 Å². The Kier molecular flexibility index (Phi) is 11.6. The first-order chi connectivity index (χ1) is 12.9. The largest absolute Gasteiger partial charge is 0.417 e. The summed E-state index contributed by atoms with van der Waals surface area (Å²) in [4.78, 5) is 4.02. The zero-order valence-electron chi connectivity index (χ0n) is 17.9. The van der Waals surface area contributed by atoms with E-state index in [9.17, 15) is 22.0 Å². The van der Waals surface area contributed by atoms with Gasteiger partial charge in [-0.05, 0) is 44.1 Å². The maximum atomic E-state index is 13.8. The van der Waals surface area contributed by atoms with Crippen molar-refractivity contribution in [3.63, 3.8) is 0 Å². The van der Waals surface area contributed by atoms with Crippen LogP contribution < -0.4 is 5.32 Å². The molecule has 0 heterocycles. The molecule has 0 bridgehead atoms. The smallest absolute Gasteiger partial charge is 0.370 e. The van der Waals surface area contributed by atoms with E-state index in [0.29, 0.717) is 18.8 Å². The van der Waals surface area contributed by atoms with Crippen LogP contribution in [-0.2, 0) is 0 Å². The number of allylic oxidation sites excluding steroid dienone is 3. The maximum Gasteiger partial charge on any atom is 0.417 e. The molecular formula is C21H35F5N2. The first-order valence-corrected chi connectivity index (χ1v) is 10.0. The van der Waals surface area contributed by atoms with Crippen molar-refractivity contribution in [2.24, 2.45) is 16.8 Å². The summed E-state index contributed by atoms with van der Waals surface area (Å²) in [5.41, 5.74) is -0.00701. The summed E-state index contributed by atoms with van der Waals surface area (Å²) in [6.45, 7) is 10.7. The lowest BCUT2D eigenvalue weighted by atomic mass is 9.85. The van der Waals surface area contributed by atoms with Crippen LogP contribution in [0.4, 0.5) is 22.0 Å². The summed E-state index contributed by atoms with van der Waals surface area (Å²) in [7, 11) is 0. The van der Waals surface area contributed by atoms with E-state index >= 15 is 0 Å². The summed E-state index contributed by atoms with van der Waals surface area (Å²) in [6.07, 6.45) is -0.840. The highest BCUT2D eigenvalue weighted by atomic mass is 19.4. The summed E-state index contributed by atoms with van der Waals surface area (Å²) in [6, 6.07) is 0. The molecule has 0 aliphatic rings. The van der Waals surface area contributed by atoms with E-state index in [1.54, 1.807) is 6.92 Å². The van der Waals surface area contributed by atoms with Gasteiger partial charge in [0.2, 0.25) is 5.92 Å². The first-order valence-electron chi connectivity index (χ1n) is 10.0. The zero-order chi connectivity index (χ0) is 22.0. The summed E-state index contributed by atoms with van der Waals surface area (Å²) in [5, 5.41) is 3.11. The quantitative estimate of drug-likeness (QED) is 0.265. The van der Waals surface area contributed by atoms with Crippen LogP contribution in [0.1, 0.15) is 73.6 Å². The molecule has 0 radical (unpaired) electrons. The van der Waals surface area contributed by atoms with Gasteiger partial charge in [-0.1, -0.05) is 40.2 Å². The molecule has 1 N–H and O–H groups in total. The highest BCUT2D eigenvalue weighted by molar-refractivity contribution is 5.80. The lowest BCUT2D eigenvalue weighted by Gasteiger charge is -2.28. The Bertz CT molecular complexity index is 547. The fraction of sp³-hybridized carbons (Fsp3) is 0.762. The number of nitrogens with one attached hydrogen (secondary N) is 1. The fourth-order valence-corrected chi connectivity index (χ4v) is 2.89. The molecule has 0 fully saturated rings. The third-order valence-electron chi connectivity index (χ3n) is 5.04. The average Bonchev–Trinajstić information content (AvgIpc) is 2.61. The van der Waals surface area contributed by atoms with Crippen molar-refractivity contribution in [2.45, 2.75) is 85.7 Å². The Balaban J connectivity index is 5.33. The van der Waals surface area contributed by atoms with Gasteiger partial charge in [0.05, 0.1) is 5.57 Å². The number of hydrogen-bond acceptors (Lipinski definition) is 2. The average molecular weight is 411 g/mol. The molecule has 0 saturated heterocycles. The number of aliphatic imine (C=N–C) groups is 1. The summed E-state index contributed by atoms with van der Waals surface area (Å²) >= 11 is 0. The third kappa shape index (κ3) is 9.69. The summed E-state index contributed by atoms with van der Waals surface area (Å²) in [5.74, 6) is -2.55. The van der Waals surface area contributed by atoms with Gasteiger partial charge in [-0.2, -0.15) is 13.2 Å². The minimum absolute atomic E-state index is 0.0129. The minimum atomic E-state index is -4.46. The van der Waals surface area contributed by atoms with E-state index in [-0.39, 0.29) is 24.7 Å². The lowest BCUT2D eigenvalue weighted by Crippen LogP contribution is -2.30. The van der Waals surface area contributed by atoms with Crippen molar-refractivity contribution < 1.29 is 22.0 Å². The SMILES string of the molecule is C\C=C(/C=N\C(NCC(CCC)C(C)CC(F)(F)CC)=C(\C)CC)C(F)(F)F. The Morgan fingerprint density at radius 3 is 2.14 bits per heavy atom. The van der Waals surface area contributed by atoms with Crippen LogP contribution >= 0.6 is 0 Å². The second-order valence-electron chi connectivity index (χ2n) is 7.30. The molecule has 7 heteroatoms. The van der Waals surface area contributed by atoms with Crippen molar-refractivity contribution in [3.05, 3.63) is 23.0 Å². The second-order valence-corrected chi connectivity index (χ2v) is 7.30. The normalized spacial score (nSPS) is 16.9. The fourth-order valence-electron chi connectivity index (χ4n) is 2.89. The van der Waals surface area contributed by atoms with E-state index in [1.807, 2.05) is 20.8 Å². The van der Waals surface area contributed by atoms with Gasteiger partial charge < -0.3 is 5.32 Å². The van der Waals surface area contributed by atoms with Gasteiger partial charge in [0.25, 0.3) is 0 Å². The standard InChI is InChI=1S/C21H35F5N2/c1-7-11-17(16(6)12-20(22,23)10-4)13-27-19(15(5)8-2)28-14-18(9-3)21(24,25)26/h9,14,16-17,27H,7-8,10-13H2,1-6H3/b18-9+,19-15-,28-14-. The zero-order valence-corrected chi connectivity index (χ0v) is 17.9. The number of hydrogen-bond donors (Lipinski definition) is 1. The van der Waals surface area contributed by atoms with Gasteiger partial charge in [-0.25, -0.2) is 13.8 Å². The highest BCUT2D eigenvalue weighted by Gasteiger charge is 2.32. The molecule has 0 aromatic heterocycles. The first kappa shape index (κ1) is 26.6. The molecule has 28 heavy (non-hydrogen) atoms. The van der Waals surface area contributed by atoms with Crippen LogP contribution in [0.5, 0.6) is 0 Å². The summed E-state index contributed by atoms with van der Waals surface area (Å²) < 4.78 is 66.3. The Hall–Kier alpha value is -1.40. The van der Waals surface area contributed by atoms with Crippen LogP contribution in [0.25, 0.3) is 0 Å². The van der Waals surface area contributed by atoms with E-state index < -0.39 is 17.7 Å². The van der Waals surface area contributed by atoms with Gasteiger partial charge in [-0.15, -0.1) is 0 Å². The Morgan fingerprint density at radius 1 is 1.11 bits per heavy atom. The predicted octanol–water partition coefficient (Wildman–Crippen LogP) is 7.28. The molecule has 0 spiro atoms. The molecule has 2 atom stereocenters. The van der Waals surface area contributed by atoms with E-state index in [0.717, 1.165) is 30.7 Å². The Labute approximate surface area is 166 Å². The monoisotopic (exact) mass is 410 g/mol. The number of rotatable bonds is 12. The van der Waals surface area contributed by atoms with Gasteiger partial charge in [-0.3, -0.25) is 0 Å². The number of alkyl halides is 5. The number of halogens is 5. The van der Waals surface area contributed by atoms with Crippen LogP contribution in [0, 0.1) is 11.8 Å². The highest BCUT2D eigenvalue weighted by Crippen LogP contribution is 2.32. The minimum Gasteiger partial charge on any atom is -0.370 e. The number of nitrogens with zero attached hydrogens (tertiary/aromatic N) is 1.